The number of pyridine rings is 1. The molecule has 2 N–H and O–H groups in total. The number of fused-ring (bicyclic) bond motifs is 1. The zero-order valence-electron chi connectivity index (χ0n) is 8.88. The Bertz CT molecular complexity index is 717. The third-order valence-electron chi connectivity index (χ3n) is 2.34. The summed E-state index contributed by atoms with van der Waals surface area (Å²) in [6.07, 6.45) is 3.35. The molecule has 3 rings (SSSR count). The van der Waals surface area contributed by atoms with Crippen LogP contribution < -0.4 is 5.73 Å². The number of anilines is 1. The highest BCUT2D eigenvalue weighted by Gasteiger charge is 2.12. The van der Waals surface area contributed by atoms with Crippen LogP contribution in [0.1, 0.15) is 0 Å². The Balaban J connectivity index is 2.26. The molecule has 0 amide bonds. The van der Waals surface area contributed by atoms with Crippen LogP contribution in [0.2, 0.25) is 5.15 Å². The van der Waals surface area contributed by atoms with Crippen molar-refractivity contribution in [3.05, 3.63) is 34.2 Å². The van der Waals surface area contributed by atoms with Crippen LogP contribution in [-0.4, -0.2) is 24.7 Å². The van der Waals surface area contributed by atoms with Crippen LogP contribution in [0.15, 0.2) is 29.0 Å². The van der Waals surface area contributed by atoms with Crippen molar-refractivity contribution in [2.24, 2.45) is 0 Å². The highest BCUT2D eigenvalue weighted by molar-refractivity contribution is 9.10. The smallest absolute Gasteiger partial charge is 0.256 e. The molecule has 0 unspecified atom stereocenters. The summed E-state index contributed by atoms with van der Waals surface area (Å²) in [6.45, 7) is 0. The summed E-state index contributed by atoms with van der Waals surface area (Å²) in [6, 6.07) is 3.73. The van der Waals surface area contributed by atoms with E-state index in [1.54, 1.807) is 12.4 Å². The maximum atomic E-state index is 5.95. The first-order valence-corrected chi connectivity index (χ1v) is 6.11. The molecule has 90 valence electrons. The minimum absolute atomic E-state index is 0.233. The van der Waals surface area contributed by atoms with Gasteiger partial charge in [0.05, 0.1) is 10.7 Å². The van der Waals surface area contributed by atoms with Gasteiger partial charge in [0.2, 0.25) is 0 Å². The van der Waals surface area contributed by atoms with Gasteiger partial charge in [-0.05, 0) is 28.1 Å². The van der Waals surface area contributed by atoms with E-state index in [1.165, 1.54) is 4.68 Å². The SMILES string of the molecule is Nc1nc(-n2ncc3cccnc32)nc(Cl)c1Br. The topological polar surface area (TPSA) is 82.5 Å². The van der Waals surface area contributed by atoms with Crippen molar-refractivity contribution < 1.29 is 0 Å². The summed E-state index contributed by atoms with van der Waals surface area (Å²) in [7, 11) is 0. The second kappa shape index (κ2) is 4.18. The molecule has 3 aromatic rings. The average Bonchev–Trinajstić information content (AvgIpc) is 2.79. The molecule has 0 saturated carbocycles. The van der Waals surface area contributed by atoms with E-state index in [4.69, 9.17) is 17.3 Å². The highest BCUT2D eigenvalue weighted by atomic mass is 79.9. The standard InChI is InChI=1S/C10H6BrClN6/c11-6-7(12)16-10(17-8(6)13)18-9-5(4-15-18)2-1-3-14-9/h1-4H,(H2,13,16,17). The molecular formula is C10H6BrClN6. The van der Waals surface area contributed by atoms with Gasteiger partial charge in [0, 0.05) is 11.6 Å². The average molecular weight is 326 g/mol. The summed E-state index contributed by atoms with van der Waals surface area (Å²) in [5, 5.41) is 5.30. The van der Waals surface area contributed by atoms with Gasteiger partial charge in [-0.3, -0.25) is 0 Å². The number of nitrogens with zero attached hydrogens (tertiary/aromatic N) is 5. The van der Waals surface area contributed by atoms with Gasteiger partial charge in [-0.2, -0.15) is 19.7 Å². The molecule has 3 heterocycles. The van der Waals surface area contributed by atoms with Crippen molar-refractivity contribution >= 4 is 44.4 Å². The zero-order valence-corrected chi connectivity index (χ0v) is 11.2. The van der Waals surface area contributed by atoms with E-state index < -0.39 is 0 Å². The van der Waals surface area contributed by atoms with E-state index in [-0.39, 0.29) is 16.9 Å². The molecule has 6 nitrogen and oxygen atoms in total. The second-order valence-electron chi connectivity index (χ2n) is 3.49. The molecule has 0 spiro atoms. The summed E-state index contributed by atoms with van der Waals surface area (Å²) < 4.78 is 1.96. The van der Waals surface area contributed by atoms with Crippen LogP contribution in [0.4, 0.5) is 5.82 Å². The molecule has 0 aliphatic carbocycles. The van der Waals surface area contributed by atoms with Gasteiger partial charge in [-0.15, -0.1) is 0 Å². The number of aromatic nitrogens is 5. The fourth-order valence-corrected chi connectivity index (χ4v) is 1.88. The molecule has 0 bridgehead atoms. The van der Waals surface area contributed by atoms with E-state index in [0.29, 0.717) is 10.1 Å². The second-order valence-corrected chi connectivity index (χ2v) is 4.64. The monoisotopic (exact) mass is 324 g/mol. The number of nitrogen functional groups attached to an aromatic ring is 1. The van der Waals surface area contributed by atoms with Gasteiger partial charge in [0.15, 0.2) is 10.8 Å². The van der Waals surface area contributed by atoms with E-state index in [0.717, 1.165) is 5.39 Å². The summed E-state index contributed by atoms with van der Waals surface area (Å²) in [4.78, 5) is 12.5. The molecule has 3 aromatic heterocycles. The third-order valence-corrected chi connectivity index (χ3v) is 3.63. The Morgan fingerprint density at radius 1 is 1.33 bits per heavy atom. The molecule has 0 saturated heterocycles. The first kappa shape index (κ1) is 11.4. The first-order chi connectivity index (χ1) is 8.66. The number of nitrogens with two attached hydrogens (primary N) is 1. The third kappa shape index (κ3) is 1.72. The largest absolute Gasteiger partial charge is 0.383 e. The van der Waals surface area contributed by atoms with Crippen LogP contribution in [0.5, 0.6) is 0 Å². The molecule has 0 aromatic carbocycles. The minimum Gasteiger partial charge on any atom is -0.383 e. The summed E-state index contributed by atoms with van der Waals surface area (Å²) in [5.41, 5.74) is 6.38. The molecule has 0 atom stereocenters. The van der Waals surface area contributed by atoms with Crippen LogP contribution in [0.25, 0.3) is 17.0 Å². The van der Waals surface area contributed by atoms with Crippen molar-refractivity contribution in [2.45, 2.75) is 0 Å². The van der Waals surface area contributed by atoms with Gasteiger partial charge in [0.25, 0.3) is 5.95 Å². The fourth-order valence-electron chi connectivity index (χ4n) is 1.53. The van der Waals surface area contributed by atoms with Crippen LogP contribution >= 0.6 is 27.5 Å². The molecular weight excluding hydrogens is 320 g/mol. The summed E-state index contributed by atoms with van der Waals surface area (Å²) >= 11 is 9.15. The maximum absolute atomic E-state index is 5.95. The molecule has 0 fully saturated rings. The van der Waals surface area contributed by atoms with Crippen LogP contribution in [0.3, 0.4) is 0 Å². The predicted octanol–water partition coefficient (Wildman–Crippen LogP) is 2.21. The van der Waals surface area contributed by atoms with Gasteiger partial charge >= 0.3 is 0 Å². The van der Waals surface area contributed by atoms with E-state index in [2.05, 4.69) is 36.0 Å². The van der Waals surface area contributed by atoms with E-state index in [1.807, 2.05) is 12.1 Å². The number of hydrogen-bond acceptors (Lipinski definition) is 5. The van der Waals surface area contributed by atoms with Gasteiger partial charge in [-0.1, -0.05) is 11.6 Å². The zero-order chi connectivity index (χ0) is 12.7. The quantitative estimate of drug-likeness (QED) is 0.694. The Morgan fingerprint density at radius 2 is 2.17 bits per heavy atom. The van der Waals surface area contributed by atoms with E-state index >= 15 is 0 Å². The Hall–Kier alpha value is -1.73. The summed E-state index contributed by atoms with van der Waals surface area (Å²) in [5.74, 6) is 0.541. The lowest BCUT2D eigenvalue weighted by Gasteiger charge is -2.04. The van der Waals surface area contributed by atoms with Crippen molar-refractivity contribution in [3.8, 4) is 5.95 Å². The lowest BCUT2D eigenvalue weighted by atomic mass is 10.4. The number of halogens is 2. The Kier molecular flexibility index (Phi) is 2.64. The fraction of sp³-hybridized carbons (Fsp3) is 0. The predicted molar refractivity (Wildman–Crippen MR) is 71.6 cm³/mol. The minimum atomic E-state index is 0.233. The van der Waals surface area contributed by atoms with Crippen LogP contribution in [-0.2, 0) is 0 Å². The number of rotatable bonds is 1. The van der Waals surface area contributed by atoms with E-state index in [9.17, 15) is 0 Å². The molecule has 0 radical (unpaired) electrons. The number of hydrogen-bond donors (Lipinski definition) is 1. The maximum Gasteiger partial charge on any atom is 0.256 e. The van der Waals surface area contributed by atoms with Crippen molar-refractivity contribution in [1.29, 1.82) is 0 Å². The van der Waals surface area contributed by atoms with Gasteiger partial charge < -0.3 is 5.73 Å². The Labute approximate surface area is 115 Å². The first-order valence-electron chi connectivity index (χ1n) is 4.94. The van der Waals surface area contributed by atoms with Crippen molar-refractivity contribution in [1.82, 2.24) is 24.7 Å². The highest BCUT2D eigenvalue weighted by Crippen LogP contribution is 2.26. The molecule has 18 heavy (non-hydrogen) atoms. The molecule has 8 heteroatoms. The lowest BCUT2D eigenvalue weighted by molar-refractivity contribution is 0.824. The van der Waals surface area contributed by atoms with Gasteiger partial charge in [-0.25, -0.2) is 4.98 Å². The van der Waals surface area contributed by atoms with Crippen molar-refractivity contribution in [3.63, 3.8) is 0 Å². The molecule has 0 aliphatic rings. The normalized spacial score (nSPS) is 11.0. The Morgan fingerprint density at radius 3 is 2.94 bits per heavy atom. The van der Waals surface area contributed by atoms with Gasteiger partial charge in [0.1, 0.15) is 5.82 Å². The molecule has 0 aliphatic heterocycles. The van der Waals surface area contributed by atoms with Crippen molar-refractivity contribution in [2.75, 3.05) is 5.73 Å². The van der Waals surface area contributed by atoms with Crippen LogP contribution in [0, 0.1) is 0 Å². The lowest BCUT2D eigenvalue weighted by Crippen LogP contribution is -2.06.